The summed E-state index contributed by atoms with van der Waals surface area (Å²) >= 11 is 1.42. The molecule has 1 N–H and O–H groups in total. The first kappa shape index (κ1) is 15.3. The highest BCUT2D eigenvalue weighted by Crippen LogP contribution is 2.38. The first-order valence-electron chi connectivity index (χ1n) is 7.63. The summed E-state index contributed by atoms with van der Waals surface area (Å²) in [6.45, 7) is 0. The third-order valence-electron chi connectivity index (χ3n) is 3.58. The van der Waals surface area contributed by atoms with Crippen molar-refractivity contribution < 1.29 is 9.21 Å². The number of hydrogen-bond donors (Lipinski definition) is 1. The molecule has 0 saturated carbocycles. The Kier molecular flexibility index (Phi) is 4.10. The van der Waals surface area contributed by atoms with E-state index < -0.39 is 0 Å². The van der Waals surface area contributed by atoms with Crippen LogP contribution in [-0.4, -0.2) is 15.9 Å². The van der Waals surface area contributed by atoms with Gasteiger partial charge >= 0.3 is 0 Å². The Morgan fingerprint density at radius 3 is 2.48 bits per heavy atom. The Bertz CT molecular complexity index is 923. The number of anilines is 1. The van der Waals surface area contributed by atoms with Gasteiger partial charge in [-0.1, -0.05) is 41.7 Å². The molecule has 5 nitrogen and oxygen atoms in total. The minimum Gasteiger partial charge on any atom is -0.459 e. The lowest BCUT2D eigenvalue weighted by Crippen LogP contribution is -2.10. The van der Waals surface area contributed by atoms with Gasteiger partial charge in [-0.15, -0.1) is 0 Å². The lowest BCUT2D eigenvalue weighted by molar-refractivity contribution is 0.0996. The monoisotopic (exact) mass is 347 g/mol. The van der Waals surface area contributed by atoms with E-state index >= 15 is 0 Å². The SMILES string of the molecule is O=C(Nc1nc(-c2ccccc2)c(-c2ccncc2)s1)c1ccco1. The lowest BCUT2D eigenvalue weighted by Gasteiger charge is -2.01. The van der Waals surface area contributed by atoms with Crippen molar-refractivity contribution in [1.82, 2.24) is 9.97 Å². The Morgan fingerprint density at radius 1 is 0.960 bits per heavy atom. The van der Waals surface area contributed by atoms with Crippen molar-refractivity contribution in [1.29, 1.82) is 0 Å². The fraction of sp³-hybridized carbons (Fsp3) is 0. The van der Waals surface area contributed by atoms with Gasteiger partial charge in [0.25, 0.3) is 5.91 Å². The van der Waals surface area contributed by atoms with E-state index in [0.29, 0.717) is 5.13 Å². The summed E-state index contributed by atoms with van der Waals surface area (Å²) in [6.07, 6.45) is 4.95. The topological polar surface area (TPSA) is 68.0 Å². The molecular weight excluding hydrogens is 334 g/mol. The summed E-state index contributed by atoms with van der Waals surface area (Å²) in [6, 6.07) is 17.0. The van der Waals surface area contributed by atoms with E-state index in [0.717, 1.165) is 21.7 Å². The number of thiazole rings is 1. The third kappa shape index (κ3) is 3.20. The molecule has 0 atom stereocenters. The number of nitrogens with zero attached hydrogens (tertiary/aromatic N) is 2. The van der Waals surface area contributed by atoms with Gasteiger partial charge in [0.05, 0.1) is 16.8 Å². The maximum Gasteiger partial charge on any atom is 0.293 e. The highest BCUT2D eigenvalue weighted by Gasteiger charge is 2.17. The van der Waals surface area contributed by atoms with Gasteiger partial charge < -0.3 is 4.42 Å². The number of carbonyl (C=O) groups is 1. The summed E-state index contributed by atoms with van der Waals surface area (Å²) < 4.78 is 5.13. The standard InChI is InChI=1S/C19H13N3O2S/c23-18(15-7-4-12-24-15)22-19-21-16(13-5-2-1-3-6-13)17(25-19)14-8-10-20-11-9-14/h1-12H,(H,21,22,23). The fourth-order valence-corrected chi connectivity index (χ4v) is 3.42. The number of hydrogen-bond acceptors (Lipinski definition) is 5. The quantitative estimate of drug-likeness (QED) is 0.580. The largest absolute Gasteiger partial charge is 0.459 e. The normalized spacial score (nSPS) is 10.6. The second-order valence-corrected chi connectivity index (χ2v) is 6.23. The lowest BCUT2D eigenvalue weighted by atomic mass is 10.1. The molecule has 0 aliphatic carbocycles. The van der Waals surface area contributed by atoms with Crippen LogP contribution >= 0.6 is 11.3 Å². The summed E-state index contributed by atoms with van der Waals surface area (Å²) in [7, 11) is 0. The number of aromatic nitrogens is 2. The van der Waals surface area contributed by atoms with E-state index in [1.807, 2.05) is 42.5 Å². The van der Waals surface area contributed by atoms with Crippen LogP contribution in [0.4, 0.5) is 5.13 Å². The van der Waals surface area contributed by atoms with Crippen LogP contribution in [0, 0.1) is 0 Å². The Balaban J connectivity index is 1.75. The Hall–Kier alpha value is -3.25. The molecule has 3 aromatic heterocycles. The van der Waals surface area contributed by atoms with Gasteiger partial charge in [0.1, 0.15) is 0 Å². The van der Waals surface area contributed by atoms with Gasteiger partial charge in [-0.3, -0.25) is 15.1 Å². The van der Waals surface area contributed by atoms with E-state index in [4.69, 9.17) is 4.42 Å². The van der Waals surface area contributed by atoms with Crippen LogP contribution in [0.3, 0.4) is 0 Å². The molecule has 1 amide bonds. The molecule has 4 aromatic rings. The molecule has 0 spiro atoms. The van der Waals surface area contributed by atoms with Crippen LogP contribution in [0.1, 0.15) is 10.6 Å². The second kappa shape index (κ2) is 6.70. The molecule has 0 radical (unpaired) electrons. The summed E-state index contributed by atoms with van der Waals surface area (Å²) in [5.74, 6) is -0.0680. The molecule has 6 heteroatoms. The van der Waals surface area contributed by atoms with Gasteiger partial charge in [0, 0.05) is 18.0 Å². The van der Waals surface area contributed by atoms with Gasteiger partial charge in [-0.05, 0) is 29.8 Å². The van der Waals surface area contributed by atoms with Crippen LogP contribution in [-0.2, 0) is 0 Å². The van der Waals surface area contributed by atoms with Gasteiger partial charge in [-0.25, -0.2) is 4.98 Å². The molecule has 1 aromatic carbocycles. The third-order valence-corrected chi connectivity index (χ3v) is 4.60. The zero-order valence-electron chi connectivity index (χ0n) is 13.0. The maximum absolute atomic E-state index is 12.2. The van der Waals surface area contributed by atoms with Crippen LogP contribution in [0.25, 0.3) is 21.7 Å². The van der Waals surface area contributed by atoms with Crippen molar-refractivity contribution >= 4 is 22.4 Å². The van der Waals surface area contributed by atoms with Crippen molar-refractivity contribution in [2.75, 3.05) is 5.32 Å². The van der Waals surface area contributed by atoms with Gasteiger partial charge in [0.2, 0.25) is 0 Å². The zero-order chi connectivity index (χ0) is 17.1. The first-order valence-corrected chi connectivity index (χ1v) is 8.44. The number of carbonyl (C=O) groups excluding carboxylic acids is 1. The predicted molar refractivity (Wildman–Crippen MR) is 97.4 cm³/mol. The zero-order valence-corrected chi connectivity index (χ0v) is 13.9. The average molecular weight is 347 g/mol. The van der Waals surface area contributed by atoms with Crippen molar-refractivity contribution in [2.45, 2.75) is 0 Å². The summed E-state index contributed by atoms with van der Waals surface area (Å²) in [5.41, 5.74) is 2.82. The number of amides is 1. The number of nitrogens with one attached hydrogen (secondary N) is 1. The predicted octanol–water partition coefficient (Wildman–Crippen LogP) is 4.72. The van der Waals surface area contributed by atoms with Crippen LogP contribution in [0.15, 0.2) is 77.7 Å². The molecule has 0 aliphatic rings. The van der Waals surface area contributed by atoms with Crippen molar-refractivity contribution in [3.8, 4) is 21.7 Å². The minimum atomic E-state index is -0.320. The van der Waals surface area contributed by atoms with Crippen LogP contribution < -0.4 is 5.32 Å². The van der Waals surface area contributed by atoms with Crippen molar-refractivity contribution in [3.05, 3.63) is 79.0 Å². The number of benzene rings is 1. The number of furan rings is 1. The summed E-state index contributed by atoms with van der Waals surface area (Å²) in [5, 5.41) is 3.32. The fourth-order valence-electron chi connectivity index (χ4n) is 2.43. The second-order valence-electron chi connectivity index (χ2n) is 5.23. The van der Waals surface area contributed by atoms with E-state index in [9.17, 15) is 4.79 Å². The first-order chi connectivity index (χ1) is 12.3. The molecule has 122 valence electrons. The molecular formula is C19H13N3O2S. The van der Waals surface area contributed by atoms with E-state index in [1.54, 1.807) is 24.5 Å². The average Bonchev–Trinajstić information content (AvgIpc) is 3.33. The molecule has 4 rings (SSSR count). The van der Waals surface area contributed by atoms with Crippen molar-refractivity contribution in [2.24, 2.45) is 0 Å². The Labute approximate surface area is 148 Å². The van der Waals surface area contributed by atoms with E-state index in [2.05, 4.69) is 15.3 Å². The molecule has 0 bridgehead atoms. The van der Waals surface area contributed by atoms with Crippen molar-refractivity contribution in [3.63, 3.8) is 0 Å². The Morgan fingerprint density at radius 2 is 1.76 bits per heavy atom. The molecule has 0 aliphatic heterocycles. The molecule has 0 saturated heterocycles. The van der Waals surface area contributed by atoms with Gasteiger partial charge in [-0.2, -0.15) is 0 Å². The van der Waals surface area contributed by atoms with Gasteiger partial charge in [0.15, 0.2) is 10.9 Å². The molecule has 0 unspecified atom stereocenters. The minimum absolute atomic E-state index is 0.252. The highest BCUT2D eigenvalue weighted by molar-refractivity contribution is 7.19. The maximum atomic E-state index is 12.2. The summed E-state index contributed by atoms with van der Waals surface area (Å²) in [4.78, 5) is 21.9. The van der Waals surface area contributed by atoms with E-state index in [-0.39, 0.29) is 11.7 Å². The molecule has 3 heterocycles. The van der Waals surface area contributed by atoms with E-state index in [1.165, 1.54) is 17.6 Å². The van der Waals surface area contributed by atoms with Crippen LogP contribution in [0.5, 0.6) is 0 Å². The smallest absolute Gasteiger partial charge is 0.293 e. The molecule has 25 heavy (non-hydrogen) atoms. The number of pyridine rings is 1. The number of rotatable bonds is 4. The molecule has 0 fully saturated rings. The highest BCUT2D eigenvalue weighted by atomic mass is 32.1. The van der Waals surface area contributed by atoms with Crippen LogP contribution in [0.2, 0.25) is 0 Å².